The molecular weight excluding hydrogens is 497 g/mol. The van der Waals surface area contributed by atoms with Crippen molar-refractivity contribution in [3.8, 4) is 17.0 Å². The molecule has 8 nitrogen and oxygen atoms in total. The highest BCUT2D eigenvalue weighted by atomic mass is 35.5. The second-order valence-corrected chi connectivity index (χ2v) is 10.4. The van der Waals surface area contributed by atoms with Crippen molar-refractivity contribution in [3.05, 3.63) is 58.6 Å². The second-order valence-electron chi connectivity index (χ2n) is 9.63. The number of nitrogens with one attached hydrogen (secondary N) is 2. The van der Waals surface area contributed by atoms with E-state index in [-0.39, 0.29) is 6.10 Å². The number of piperidine rings is 1. The molecule has 2 aliphatic rings. The van der Waals surface area contributed by atoms with Crippen molar-refractivity contribution in [1.82, 2.24) is 30.5 Å². The Balaban J connectivity index is 1.21. The van der Waals surface area contributed by atoms with E-state index >= 15 is 0 Å². The molecule has 0 saturated carbocycles. The SMILES string of the molecule is CC(Oc1ccc2[nH]nc(-c3cnc(N4CCC5(CCCN5)CC4)nc3)c2c1)c1c(Cl)cncc1Cl. The molecule has 1 atom stereocenters. The van der Waals surface area contributed by atoms with Gasteiger partial charge in [-0.05, 0) is 57.4 Å². The number of rotatable bonds is 5. The van der Waals surface area contributed by atoms with Gasteiger partial charge in [-0.1, -0.05) is 23.2 Å². The van der Waals surface area contributed by atoms with Crippen LogP contribution in [0.4, 0.5) is 5.95 Å². The molecule has 0 bridgehead atoms. The minimum absolute atomic E-state index is 0.329. The smallest absolute Gasteiger partial charge is 0.225 e. The van der Waals surface area contributed by atoms with E-state index < -0.39 is 0 Å². The molecule has 4 aromatic rings. The zero-order valence-corrected chi connectivity index (χ0v) is 21.5. The normalized spacial score (nSPS) is 18.1. The monoisotopic (exact) mass is 523 g/mol. The van der Waals surface area contributed by atoms with Crippen molar-refractivity contribution in [1.29, 1.82) is 0 Å². The van der Waals surface area contributed by atoms with E-state index in [9.17, 15) is 0 Å². The van der Waals surface area contributed by atoms with Gasteiger partial charge in [0.1, 0.15) is 17.5 Å². The van der Waals surface area contributed by atoms with E-state index in [1.165, 1.54) is 12.8 Å². The van der Waals surface area contributed by atoms with E-state index in [0.717, 1.165) is 60.6 Å². The number of benzene rings is 1. The third-order valence-corrected chi connectivity index (χ3v) is 7.99. The lowest BCUT2D eigenvalue weighted by molar-refractivity contribution is 0.227. The summed E-state index contributed by atoms with van der Waals surface area (Å²) in [6.07, 6.45) is 11.3. The third-order valence-electron chi connectivity index (χ3n) is 7.39. The summed E-state index contributed by atoms with van der Waals surface area (Å²) < 4.78 is 6.19. The molecule has 1 spiro atoms. The summed E-state index contributed by atoms with van der Waals surface area (Å²) in [6.45, 7) is 5.00. The highest BCUT2D eigenvalue weighted by Crippen LogP contribution is 2.35. The van der Waals surface area contributed by atoms with Crippen molar-refractivity contribution < 1.29 is 4.74 Å². The number of aromatic amines is 1. The number of hydrogen-bond acceptors (Lipinski definition) is 7. The molecule has 0 radical (unpaired) electrons. The molecule has 0 amide bonds. The average molecular weight is 524 g/mol. The Labute approximate surface area is 219 Å². The van der Waals surface area contributed by atoms with Crippen molar-refractivity contribution in [2.75, 3.05) is 24.5 Å². The Bertz CT molecular complexity index is 1350. The fourth-order valence-electron chi connectivity index (χ4n) is 5.40. The van der Waals surface area contributed by atoms with Gasteiger partial charge in [-0.2, -0.15) is 5.10 Å². The van der Waals surface area contributed by atoms with Crippen LogP contribution in [0, 0.1) is 0 Å². The number of anilines is 1. The predicted octanol–water partition coefficient (Wildman–Crippen LogP) is 5.58. The number of halogens is 2. The number of ether oxygens (including phenoxy) is 1. The average Bonchev–Trinajstić information content (AvgIpc) is 3.52. The molecule has 0 aliphatic carbocycles. The number of H-pyrrole nitrogens is 1. The van der Waals surface area contributed by atoms with Gasteiger partial charge in [0.25, 0.3) is 0 Å². The molecule has 2 fully saturated rings. The first kappa shape index (κ1) is 23.5. The number of fused-ring (bicyclic) bond motifs is 1. The largest absolute Gasteiger partial charge is 0.486 e. The topological polar surface area (TPSA) is 91.8 Å². The number of hydrogen-bond donors (Lipinski definition) is 2. The zero-order valence-electron chi connectivity index (χ0n) is 20.0. The van der Waals surface area contributed by atoms with Crippen LogP contribution in [0.3, 0.4) is 0 Å². The van der Waals surface area contributed by atoms with E-state index in [0.29, 0.717) is 26.9 Å². The lowest BCUT2D eigenvalue weighted by Gasteiger charge is -2.39. The van der Waals surface area contributed by atoms with Crippen molar-refractivity contribution in [2.24, 2.45) is 0 Å². The van der Waals surface area contributed by atoms with Gasteiger partial charge in [-0.3, -0.25) is 10.1 Å². The number of aromatic nitrogens is 5. The maximum atomic E-state index is 6.31. The fraction of sp³-hybridized carbons (Fsp3) is 0.385. The molecule has 5 heterocycles. The van der Waals surface area contributed by atoms with Gasteiger partial charge < -0.3 is 15.0 Å². The Morgan fingerprint density at radius 1 is 1.03 bits per heavy atom. The zero-order chi connectivity index (χ0) is 24.7. The number of pyridine rings is 1. The molecule has 186 valence electrons. The molecule has 1 unspecified atom stereocenters. The van der Waals surface area contributed by atoms with Crippen LogP contribution < -0.4 is 15.0 Å². The summed E-state index contributed by atoms with van der Waals surface area (Å²) in [5, 5.41) is 13.2. The van der Waals surface area contributed by atoms with E-state index in [4.69, 9.17) is 27.9 Å². The molecule has 2 aliphatic heterocycles. The van der Waals surface area contributed by atoms with Crippen molar-refractivity contribution in [3.63, 3.8) is 0 Å². The first-order chi connectivity index (χ1) is 17.5. The minimum atomic E-state index is -0.355. The molecule has 2 N–H and O–H groups in total. The van der Waals surface area contributed by atoms with Gasteiger partial charge in [0.15, 0.2) is 0 Å². The van der Waals surface area contributed by atoms with Gasteiger partial charge >= 0.3 is 0 Å². The Morgan fingerprint density at radius 2 is 1.78 bits per heavy atom. The van der Waals surface area contributed by atoms with E-state index in [1.807, 2.05) is 37.5 Å². The van der Waals surface area contributed by atoms with Crippen LogP contribution in [-0.4, -0.2) is 50.3 Å². The predicted molar refractivity (Wildman–Crippen MR) is 142 cm³/mol. The first-order valence-corrected chi connectivity index (χ1v) is 13.0. The van der Waals surface area contributed by atoms with Crippen molar-refractivity contribution >= 4 is 40.1 Å². The van der Waals surface area contributed by atoms with Crippen LogP contribution in [0.15, 0.2) is 43.0 Å². The van der Waals surface area contributed by atoms with Crippen LogP contribution in [0.5, 0.6) is 5.75 Å². The van der Waals surface area contributed by atoms with Crippen LogP contribution in [0.25, 0.3) is 22.2 Å². The molecule has 2 saturated heterocycles. The lowest BCUT2D eigenvalue weighted by atomic mass is 9.86. The summed E-state index contributed by atoms with van der Waals surface area (Å²) >= 11 is 12.6. The maximum Gasteiger partial charge on any atom is 0.225 e. The Kier molecular flexibility index (Phi) is 6.19. The highest BCUT2D eigenvalue weighted by Gasteiger charge is 2.37. The molecule has 3 aromatic heterocycles. The standard InChI is InChI=1S/C26H27Cl2N7O/c1-16(23-20(27)14-29-15-21(23)28)36-18-3-4-22-19(11-18)24(34-33-22)17-12-30-25(31-13-17)35-9-6-26(7-10-35)5-2-8-32-26/h3-4,11-16,32H,2,5-10H2,1H3,(H,33,34). The Hall–Kier alpha value is -2.94. The summed E-state index contributed by atoms with van der Waals surface area (Å²) in [6, 6.07) is 5.80. The number of nitrogens with zero attached hydrogens (tertiary/aromatic N) is 5. The summed E-state index contributed by atoms with van der Waals surface area (Å²) in [7, 11) is 0. The van der Waals surface area contributed by atoms with Crippen LogP contribution in [0.2, 0.25) is 10.0 Å². The molecule has 10 heteroatoms. The third kappa shape index (κ3) is 4.38. The van der Waals surface area contributed by atoms with Gasteiger partial charge in [0.05, 0.1) is 15.6 Å². The fourth-order valence-corrected chi connectivity index (χ4v) is 6.07. The first-order valence-electron chi connectivity index (χ1n) is 12.3. The van der Waals surface area contributed by atoms with Gasteiger partial charge in [-0.15, -0.1) is 0 Å². The highest BCUT2D eigenvalue weighted by molar-refractivity contribution is 6.35. The van der Waals surface area contributed by atoms with Gasteiger partial charge in [0.2, 0.25) is 5.95 Å². The molecule has 1 aromatic carbocycles. The Morgan fingerprint density at radius 3 is 2.47 bits per heavy atom. The van der Waals surface area contributed by atoms with Crippen LogP contribution >= 0.6 is 23.2 Å². The van der Waals surface area contributed by atoms with Gasteiger partial charge in [0, 0.05) is 59.9 Å². The van der Waals surface area contributed by atoms with Crippen LogP contribution in [-0.2, 0) is 0 Å². The second kappa shape index (κ2) is 9.50. The summed E-state index contributed by atoms with van der Waals surface area (Å²) in [5.41, 5.74) is 3.57. The molecule has 36 heavy (non-hydrogen) atoms. The van der Waals surface area contributed by atoms with Crippen LogP contribution in [0.1, 0.15) is 44.3 Å². The quantitative estimate of drug-likeness (QED) is 0.352. The van der Waals surface area contributed by atoms with Gasteiger partial charge in [-0.25, -0.2) is 9.97 Å². The summed E-state index contributed by atoms with van der Waals surface area (Å²) in [5.74, 6) is 1.46. The summed E-state index contributed by atoms with van der Waals surface area (Å²) in [4.78, 5) is 15.7. The van der Waals surface area contributed by atoms with E-state index in [2.05, 4.69) is 35.4 Å². The minimum Gasteiger partial charge on any atom is -0.486 e. The maximum absolute atomic E-state index is 6.31. The van der Waals surface area contributed by atoms with E-state index in [1.54, 1.807) is 12.4 Å². The molecule has 6 rings (SSSR count). The molecular formula is C26H27Cl2N7O. The van der Waals surface area contributed by atoms with Crippen molar-refractivity contribution in [2.45, 2.75) is 44.2 Å². The lowest BCUT2D eigenvalue weighted by Crippen LogP contribution is -2.50.